The molecule has 1 saturated carbocycles. The van der Waals surface area contributed by atoms with Crippen LogP contribution >= 0.6 is 0 Å². The molecule has 2 rings (SSSR count). The first-order chi connectivity index (χ1) is 8.42. The molecule has 4 nitrogen and oxygen atoms in total. The van der Waals surface area contributed by atoms with E-state index in [-0.39, 0.29) is 17.5 Å². The SMILES string of the molecule is CN1CCN(C2CCCCC2C(=O)O)CC1(C)C. The molecule has 1 heterocycles. The second-order valence-corrected chi connectivity index (χ2v) is 6.50. The molecular weight excluding hydrogens is 228 g/mol. The minimum absolute atomic E-state index is 0.152. The normalized spacial score (nSPS) is 34.4. The Labute approximate surface area is 110 Å². The third-order valence-electron chi connectivity index (χ3n) is 4.86. The molecule has 18 heavy (non-hydrogen) atoms. The number of rotatable bonds is 2. The van der Waals surface area contributed by atoms with E-state index in [1.165, 1.54) is 6.42 Å². The minimum atomic E-state index is -0.601. The molecule has 2 fully saturated rings. The number of piperazine rings is 1. The van der Waals surface area contributed by atoms with Crippen LogP contribution in [-0.4, -0.2) is 59.1 Å². The predicted molar refractivity (Wildman–Crippen MR) is 71.7 cm³/mol. The van der Waals surface area contributed by atoms with Crippen molar-refractivity contribution < 1.29 is 9.90 Å². The maximum absolute atomic E-state index is 11.4. The van der Waals surface area contributed by atoms with Crippen LogP contribution in [-0.2, 0) is 4.79 Å². The molecule has 2 aliphatic rings. The quantitative estimate of drug-likeness (QED) is 0.814. The maximum Gasteiger partial charge on any atom is 0.308 e. The number of hydrogen-bond donors (Lipinski definition) is 1. The Balaban J connectivity index is 2.07. The molecule has 2 atom stereocenters. The molecule has 1 N–H and O–H groups in total. The molecule has 0 aromatic carbocycles. The zero-order valence-electron chi connectivity index (χ0n) is 11.9. The van der Waals surface area contributed by atoms with Gasteiger partial charge in [-0.15, -0.1) is 0 Å². The largest absolute Gasteiger partial charge is 0.481 e. The van der Waals surface area contributed by atoms with Gasteiger partial charge in [-0.1, -0.05) is 12.8 Å². The van der Waals surface area contributed by atoms with E-state index in [0.29, 0.717) is 0 Å². The summed E-state index contributed by atoms with van der Waals surface area (Å²) in [7, 11) is 2.16. The van der Waals surface area contributed by atoms with Crippen molar-refractivity contribution >= 4 is 5.97 Å². The Morgan fingerprint density at radius 2 is 1.89 bits per heavy atom. The Hall–Kier alpha value is -0.610. The van der Waals surface area contributed by atoms with Gasteiger partial charge in [-0.25, -0.2) is 0 Å². The molecule has 0 amide bonds. The van der Waals surface area contributed by atoms with Gasteiger partial charge >= 0.3 is 5.97 Å². The van der Waals surface area contributed by atoms with E-state index in [0.717, 1.165) is 38.9 Å². The van der Waals surface area contributed by atoms with Crippen molar-refractivity contribution in [1.29, 1.82) is 0 Å². The molecule has 104 valence electrons. The molecular formula is C14H26N2O2. The van der Waals surface area contributed by atoms with Gasteiger partial charge in [-0.3, -0.25) is 14.6 Å². The molecule has 4 heteroatoms. The lowest BCUT2D eigenvalue weighted by molar-refractivity contribution is -0.146. The number of hydrogen-bond acceptors (Lipinski definition) is 3. The van der Waals surface area contributed by atoms with Gasteiger partial charge in [0.25, 0.3) is 0 Å². The minimum Gasteiger partial charge on any atom is -0.481 e. The summed E-state index contributed by atoms with van der Waals surface area (Å²) in [5, 5.41) is 9.38. The summed E-state index contributed by atoms with van der Waals surface area (Å²) in [6.45, 7) is 7.53. The third-order valence-corrected chi connectivity index (χ3v) is 4.86. The van der Waals surface area contributed by atoms with Crippen molar-refractivity contribution in [3.8, 4) is 0 Å². The van der Waals surface area contributed by atoms with Crippen LogP contribution in [0.5, 0.6) is 0 Å². The Kier molecular flexibility index (Phi) is 3.97. The molecule has 1 aliphatic carbocycles. The van der Waals surface area contributed by atoms with Gasteiger partial charge in [-0.2, -0.15) is 0 Å². The van der Waals surface area contributed by atoms with Gasteiger partial charge < -0.3 is 5.11 Å². The molecule has 0 aromatic heterocycles. The van der Waals surface area contributed by atoms with Crippen molar-refractivity contribution in [2.75, 3.05) is 26.7 Å². The van der Waals surface area contributed by atoms with Crippen LogP contribution in [0.25, 0.3) is 0 Å². The first-order valence-corrected chi connectivity index (χ1v) is 7.10. The fourth-order valence-corrected chi connectivity index (χ4v) is 3.40. The van der Waals surface area contributed by atoms with E-state index in [1.807, 2.05) is 0 Å². The van der Waals surface area contributed by atoms with Crippen molar-refractivity contribution in [2.24, 2.45) is 5.92 Å². The first-order valence-electron chi connectivity index (χ1n) is 7.10. The van der Waals surface area contributed by atoms with Crippen LogP contribution in [0.2, 0.25) is 0 Å². The van der Waals surface area contributed by atoms with Gasteiger partial charge in [-0.05, 0) is 33.7 Å². The zero-order chi connectivity index (χ0) is 13.3. The molecule has 2 unspecified atom stereocenters. The van der Waals surface area contributed by atoms with Gasteiger partial charge in [0.1, 0.15) is 0 Å². The Morgan fingerprint density at radius 3 is 2.50 bits per heavy atom. The van der Waals surface area contributed by atoms with E-state index in [2.05, 4.69) is 30.7 Å². The first kappa shape index (κ1) is 13.8. The molecule has 0 aromatic rings. The predicted octanol–water partition coefficient (Wildman–Crippen LogP) is 1.66. The van der Waals surface area contributed by atoms with Gasteiger partial charge in [0.05, 0.1) is 5.92 Å². The molecule has 0 spiro atoms. The number of aliphatic carboxylic acids is 1. The third kappa shape index (κ3) is 2.69. The molecule has 1 aliphatic heterocycles. The molecule has 0 radical (unpaired) electrons. The summed E-state index contributed by atoms with van der Waals surface area (Å²) in [5.41, 5.74) is 0.152. The van der Waals surface area contributed by atoms with Gasteiger partial charge in [0.15, 0.2) is 0 Å². The van der Waals surface area contributed by atoms with Crippen LogP contribution in [0.4, 0.5) is 0 Å². The smallest absolute Gasteiger partial charge is 0.308 e. The molecule has 1 saturated heterocycles. The Bertz CT molecular complexity index is 317. The van der Waals surface area contributed by atoms with E-state index in [1.54, 1.807) is 0 Å². The van der Waals surface area contributed by atoms with Crippen LogP contribution in [0.15, 0.2) is 0 Å². The summed E-state index contributed by atoms with van der Waals surface area (Å²) < 4.78 is 0. The lowest BCUT2D eigenvalue weighted by Crippen LogP contribution is -2.61. The highest BCUT2D eigenvalue weighted by atomic mass is 16.4. The standard InChI is InChI=1S/C14H26N2O2/c1-14(2)10-16(9-8-15(14)3)12-7-5-4-6-11(12)13(17)18/h11-12H,4-10H2,1-3H3,(H,17,18). The fourth-order valence-electron chi connectivity index (χ4n) is 3.40. The summed E-state index contributed by atoms with van der Waals surface area (Å²) in [5.74, 6) is -0.755. The lowest BCUT2D eigenvalue weighted by Gasteiger charge is -2.49. The number of carboxylic acids is 1. The fraction of sp³-hybridized carbons (Fsp3) is 0.929. The van der Waals surface area contributed by atoms with Crippen LogP contribution in [0.3, 0.4) is 0 Å². The number of nitrogens with zero attached hydrogens (tertiary/aromatic N) is 2. The van der Waals surface area contributed by atoms with Crippen LogP contribution in [0, 0.1) is 5.92 Å². The summed E-state index contributed by atoms with van der Waals surface area (Å²) in [6, 6.07) is 0.254. The highest BCUT2D eigenvalue weighted by Crippen LogP contribution is 2.31. The second kappa shape index (κ2) is 5.17. The van der Waals surface area contributed by atoms with E-state index in [9.17, 15) is 9.90 Å². The summed E-state index contributed by atoms with van der Waals surface area (Å²) >= 11 is 0. The van der Waals surface area contributed by atoms with Crippen LogP contribution < -0.4 is 0 Å². The number of carboxylic acid groups (broad SMARTS) is 1. The van der Waals surface area contributed by atoms with Crippen molar-refractivity contribution in [1.82, 2.24) is 9.80 Å². The van der Waals surface area contributed by atoms with E-state index < -0.39 is 5.97 Å². The second-order valence-electron chi connectivity index (χ2n) is 6.50. The zero-order valence-corrected chi connectivity index (χ0v) is 11.9. The topological polar surface area (TPSA) is 43.8 Å². The monoisotopic (exact) mass is 254 g/mol. The van der Waals surface area contributed by atoms with E-state index in [4.69, 9.17) is 0 Å². The van der Waals surface area contributed by atoms with Crippen molar-refractivity contribution in [2.45, 2.75) is 51.1 Å². The molecule has 0 bridgehead atoms. The van der Waals surface area contributed by atoms with E-state index >= 15 is 0 Å². The van der Waals surface area contributed by atoms with Crippen molar-refractivity contribution in [3.05, 3.63) is 0 Å². The highest BCUT2D eigenvalue weighted by Gasteiger charge is 2.40. The van der Waals surface area contributed by atoms with Gasteiger partial charge in [0, 0.05) is 31.2 Å². The van der Waals surface area contributed by atoms with Crippen LogP contribution in [0.1, 0.15) is 39.5 Å². The van der Waals surface area contributed by atoms with Gasteiger partial charge in [0.2, 0.25) is 0 Å². The average Bonchev–Trinajstić information content (AvgIpc) is 2.32. The number of carbonyl (C=O) groups is 1. The highest BCUT2D eigenvalue weighted by molar-refractivity contribution is 5.71. The lowest BCUT2D eigenvalue weighted by atomic mass is 9.82. The maximum atomic E-state index is 11.4. The summed E-state index contributed by atoms with van der Waals surface area (Å²) in [4.78, 5) is 16.2. The Morgan fingerprint density at radius 1 is 1.22 bits per heavy atom. The summed E-state index contributed by atoms with van der Waals surface area (Å²) in [6.07, 6.45) is 4.16. The average molecular weight is 254 g/mol. The number of likely N-dealkylation sites (N-methyl/N-ethyl adjacent to an activating group) is 1. The van der Waals surface area contributed by atoms with Crippen molar-refractivity contribution in [3.63, 3.8) is 0 Å².